The molecule has 0 bridgehead atoms. The summed E-state index contributed by atoms with van der Waals surface area (Å²) in [6, 6.07) is 11.9. The summed E-state index contributed by atoms with van der Waals surface area (Å²) in [5.74, 6) is 0. The Balaban J connectivity index is 0.000000173. The molecule has 2 aromatic rings. The monoisotopic (exact) mass is 652 g/mol. The second-order valence-corrected chi connectivity index (χ2v) is 17.5. The molecule has 0 amide bonds. The van der Waals surface area contributed by atoms with Crippen LogP contribution >= 0.6 is 10.7 Å². The van der Waals surface area contributed by atoms with Crippen LogP contribution in [0.4, 0.5) is 11.4 Å². The number of carbonyl (C=O) groups excluding carboxylic acids is 2. The molecule has 43 heavy (non-hydrogen) atoms. The quantitative estimate of drug-likeness (QED) is 0.383. The summed E-state index contributed by atoms with van der Waals surface area (Å²) in [5, 5.41) is 3.36. The molecule has 2 aromatic carbocycles. The van der Waals surface area contributed by atoms with Gasteiger partial charge in [-0.05, 0) is 62.1 Å². The number of benzene rings is 2. The smallest absolute Gasteiger partial charge is 0.229 e. The molecule has 0 radical (unpaired) electrons. The van der Waals surface area contributed by atoms with Gasteiger partial charge in [0.2, 0.25) is 19.1 Å². The fraction of sp³-hybridized carbons (Fsp3) is 0.533. The van der Waals surface area contributed by atoms with Gasteiger partial charge in [0, 0.05) is 96.4 Å². The molecule has 4 saturated heterocycles. The van der Waals surface area contributed by atoms with E-state index in [1.807, 2.05) is 37.3 Å². The van der Waals surface area contributed by atoms with E-state index in [0.717, 1.165) is 87.0 Å². The number of sulfonamides is 1. The maximum atomic E-state index is 11.5. The van der Waals surface area contributed by atoms with E-state index in [9.17, 15) is 26.4 Å². The van der Waals surface area contributed by atoms with Crippen molar-refractivity contribution in [2.45, 2.75) is 26.7 Å². The van der Waals surface area contributed by atoms with Gasteiger partial charge in [0.25, 0.3) is 0 Å². The number of aldehydes is 2. The zero-order valence-corrected chi connectivity index (χ0v) is 27.6. The summed E-state index contributed by atoms with van der Waals surface area (Å²) in [7, 11) is -1.76. The number of nitrogens with one attached hydrogen (secondary N) is 1. The molecular weight excluding hydrogens is 612 g/mol. The lowest BCUT2D eigenvalue weighted by atomic mass is 9.81. The summed E-state index contributed by atoms with van der Waals surface area (Å²) >= 11 is 0. The highest BCUT2D eigenvalue weighted by Gasteiger charge is 2.50. The summed E-state index contributed by atoms with van der Waals surface area (Å²) in [4.78, 5) is 26.9. The van der Waals surface area contributed by atoms with Gasteiger partial charge in [-0.25, -0.2) is 21.1 Å². The predicted molar refractivity (Wildman–Crippen MR) is 172 cm³/mol. The Morgan fingerprint density at radius 3 is 1.51 bits per heavy atom. The summed E-state index contributed by atoms with van der Waals surface area (Å²) in [5.41, 5.74) is 6.50. The summed E-state index contributed by atoms with van der Waals surface area (Å²) < 4.78 is 43.4. The first-order valence-electron chi connectivity index (χ1n) is 14.2. The lowest BCUT2D eigenvalue weighted by Gasteiger charge is -2.46. The van der Waals surface area contributed by atoms with E-state index in [0.29, 0.717) is 24.1 Å². The van der Waals surface area contributed by atoms with E-state index >= 15 is 0 Å². The van der Waals surface area contributed by atoms with Crippen LogP contribution in [-0.2, 0) is 19.1 Å². The number of nitrogens with zero attached hydrogens (tertiary/aromatic N) is 3. The third-order valence-electron chi connectivity index (χ3n) is 8.68. The van der Waals surface area contributed by atoms with Gasteiger partial charge in [-0.3, -0.25) is 9.59 Å². The molecule has 0 saturated carbocycles. The van der Waals surface area contributed by atoms with Crippen LogP contribution in [0, 0.1) is 24.7 Å². The fourth-order valence-electron chi connectivity index (χ4n) is 6.30. The highest BCUT2D eigenvalue weighted by molar-refractivity contribution is 8.13. The van der Waals surface area contributed by atoms with E-state index < -0.39 is 19.1 Å². The molecule has 1 N–H and O–H groups in total. The number of anilines is 2. The molecule has 0 unspecified atom stereocenters. The average Bonchev–Trinajstić information content (AvgIpc) is 3.53. The Bertz CT molecular complexity index is 1560. The average molecular weight is 653 g/mol. The van der Waals surface area contributed by atoms with Crippen LogP contribution in [0.25, 0.3) is 0 Å². The van der Waals surface area contributed by atoms with Gasteiger partial charge in [-0.2, -0.15) is 0 Å². The van der Waals surface area contributed by atoms with Gasteiger partial charge in [-0.15, -0.1) is 0 Å². The van der Waals surface area contributed by atoms with E-state index in [-0.39, 0.29) is 5.41 Å². The van der Waals surface area contributed by atoms with Crippen molar-refractivity contribution < 1.29 is 26.4 Å². The molecule has 236 valence electrons. The second-order valence-electron chi connectivity index (χ2n) is 12.5. The van der Waals surface area contributed by atoms with Crippen molar-refractivity contribution in [1.82, 2.24) is 9.62 Å². The van der Waals surface area contributed by atoms with Crippen LogP contribution in [0.2, 0.25) is 0 Å². The molecule has 4 aliphatic rings. The third kappa shape index (κ3) is 8.36. The molecule has 4 heterocycles. The van der Waals surface area contributed by atoms with Crippen molar-refractivity contribution in [3.63, 3.8) is 0 Å². The van der Waals surface area contributed by atoms with Crippen molar-refractivity contribution in [3.05, 3.63) is 58.7 Å². The molecular formula is C30H41ClN4O6S2. The molecule has 0 aromatic heterocycles. The van der Waals surface area contributed by atoms with Crippen LogP contribution in [0.1, 0.15) is 44.7 Å². The minimum absolute atomic E-state index is 0.0625. The minimum atomic E-state index is -3.19. The first-order chi connectivity index (χ1) is 20.1. The van der Waals surface area contributed by atoms with Crippen molar-refractivity contribution in [1.29, 1.82) is 0 Å². The molecule has 0 aliphatic carbocycles. The number of carbonyl (C=O) groups is 2. The number of hydrogen-bond donors (Lipinski definition) is 1. The van der Waals surface area contributed by atoms with Gasteiger partial charge in [0.1, 0.15) is 0 Å². The first-order valence-corrected chi connectivity index (χ1v) is 18.8. The van der Waals surface area contributed by atoms with E-state index in [1.54, 1.807) is 0 Å². The normalized spacial score (nSPS) is 20.4. The zero-order valence-electron chi connectivity index (χ0n) is 25.2. The van der Waals surface area contributed by atoms with Crippen molar-refractivity contribution in [3.8, 4) is 0 Å². The largest absolute Gasteiger partial charge is 0.370 e. The van der Waals surface area contributed by atoms with Crippen LogP contribution in [0.5, 0.6) is 0 Å². The van der Waals surface area contributed by atoms with Crippen LogP contribution in [0.15, 0.2) is 36.4 Å². The Morgan fingerprint density at radius 1 is 0.744 bits per heavy atom. The highest BCUT2D eigenvalue weighted by atomic mass is 35.7. The lowest BCUT2D eigenvalue weighted by Crippen LogP contribution is -2.59. The van der Waals surface area contributed by atoms with Crippen molar-refractivity contribution in [2.75, 3.05) is 74.7 Å². The number of hydrogen-bond acceptors (Lipinski definition) is 9. The number of halogens is 1. The molecule has 6 rings (SSSR count). The van der Waals surface area contributed by atoms with E-state index in [1.165, 1.54) is 22.5 Å². The van der Waals surface area contributed by atoms with Gasteiger partial charge in [0.05, 0.1) is 12.5 Å². The Morgan fingerprint density at radius 2 is 1.16 bits per heavy atom. The van der Waals surface area contributed by atoms with Crippen molar-refractivity contribution >= 4 is 53.7 Å². The van der Waals surface area contributed by atoms with E-state index in [2.05, 4.69) is 38.8 Å². The molecule has 4 aliphatic heterocycles. The SMILES string of the molecule is CS(=O)(=O)Cl.Cc1ccc(C=O)c(N2CCC3(C2)CN(S(C)(=O)=O)C3)c1.Cc1ccc(C=O)c(N2CCC3(CNC3)C2)c1. The Hall–Kier alpha value is -2.51. The Kier molecular flexibility index (Phi) is 9.97. The van der Waals surface area contributed by atoms with Gasteiger partial charge in [-0.1, -0.05) is 12.1 Å². The summed E-state index contributed by atoms with van der Waals surface area (Å²) in [6.07, 6.45) is 6.27. The van der Waals surface area contributed by atoms with Crippen LogP contribution in [0.3, 0.4) is 0 Å². The maximum absolute atomic E-state index is 11.5. The van der Waals surface area contributed by atoms with Gasteiger partial charge in [0.15, 0.2) is 12.6 Å². The van der Waals surface area contributed by atoms with Gasteiger partial charge >= 0.3 is 0 Å². The Labute approximate surface area is 259 Å². The standard InChI is InChI=1S/C15H20N2O3S.C14H18N2O.CH3ClO2S/c1-12-3-4-13(8-18)14(7-12)16-6-5-15(9-16)10-17(11-15)21(2,19)20;1-11-2-3-12(7-17)13(6-11)16-5-4-14(10-16)8-15-9-14;1-5(2,3)4/h3-4,7-8H,5-6,9-11H2,1-2H3;2-3,6-7,15H,4-5,8-10H2,1H3;1H3. The minimum Gasteiger partial charge on any atom is -0.370 e. The summed E-state index contributed by atoms with van der Waals surface area (Å²) in [6.45, 7) is 11.4. The molecule has 0 atom stereocenters. The van der Waals surface area contributed by atoms with Crippen LogP contribution < -0.4 is 15.1 Å². The number of rotatable bonds is 5. The van der Waals surface area contributed by atoms with E-state index in [4.69, 9.17) is 0 Å². The first kappa shape index (κ1) is 33.4. The van der Waals surface area contributed by atoms with Crippen LogP contribution in [-0.4, -0.2) is 98.6 Å². The lowest BCUT2D eigenvalue weighted by molar-refractivity contribution is 0.0944. The highest BCUT2D eigenvalue weighted by Crippen LogP contribution is 2.43. The molecule has 4 fully saturated rings. The third-order valence-corrected chi connectivity index (χ3v) is 9.87. The zero-order chi connectivity index (χ0) is 31.6. The fourth-order valence-corrected chi connectivity index (χ4v) is 7.31. The molecule has 13 heteroatoms. The van der Waals surface area contributed by atoms with Gasteiger partial charge < -0.3 is 15.1 Å². The predicted octanol–water partition coefficient (Wildman–Crippen LogP) is 3.07. The maximum Gasteiger partial charge on any atom is 0.229 e. The second kappa shape index (κ2) is 12.8. The van der Waals surface area contributed by atoms with Crippen molar-refractivity contribution in [2.24, 2.45) is 10.8 Å². The molecule has 2 spiro atoms. The molecule has 10 nitrogen and oxygen atoms in total. The topological polar surface area (TPSA) is 124 Å². The number of aryl methyl sites for hydroxylation is 2.